The Labute approximate surface area is 186 Å². The summed E-state index contributed by atoms with van der Waals surface area (Å²) in [6, 6.07) is 21.2. The number of fused-ring (bicyclic) bond motifs is 4. The summed E-state index contributed by atoms with van der Waals surface area (Å²) in [5, 5.41) is 2.33. The highest BCUT2D eigenvalue weighted by Crippen LogP contribution is 2.38. The van der Waals surface area contributed by atoms with Crippen LogP contribution in [0.15, 0.2) is 77.5 Å². The van der Waals surface area contributed by atoms with Crippen molar-refractivity contribution in [2.24, 2.45) is 7.05 Å². The summed E-state index contributed by atoms with van der Waals surface area (Å²) in [5.41, 5.74) is 10.1. The van der Waals surface area contributed by atoms with Crippen LogP contribution in [0.25, 0.3) is 50.0 Å². The lowest BCUT2D eigenvalue weighted by molar-refractivity contribution is -0.633. The third kappa shape index (κ3) is 2.50. The van der Waals surface area contributed by atoms with Gasteiger partial charge in [-0.25, -0.2) is 4.57 Å². The van der Waals surface area contributed by atoms with Crippen LogP contribution in [0.4, 0.5) is 0 Å². The first-order valence-corrected chi connectivity index (χ1v) is 10.9. The van der Waals surface area contributed by atoms with Gasteiger partial charge in [0.1, 0.15) is 16.9 Å². The van der Waals surface area contributed by atoms with Crippen molar-refractivity contribution in [1.29, 1.82) is 0 Å². The predicted molar refractivity (Wildman–Crippen MR) is 129 cm³/mol. The van der Waals surface area contributed by atoms with E-state index in [-0.39, 0.29) is 0 Å². The molecule has 0 unspecified atom stereocenters. The molecule has 3 aromatic carbocycles. The highest BCUT2D eigenvalue weighted by atomic mass is 16.3. The number of nitrogens with zero attached hydrogens (tertiary/aromatic N) is 3. The average Bonchev–Trinajstić information content (AvgIpc) is 3.31. The molecule has 0 saturated carbocycles. The van der Waals surface area contributed by atoms with E-state index in [1.807, 2.05) is 24.5 Å². The van der Waals surface area contributed by atoms with Gasteiger partial charge in [-0.2, -0.15) is 4.57 Å². The number of rotatable bonds is 2. The maximum absolute atomic E-state index is 6.36. The summed E-state index contributed by atoms with van der Waals surface area (Å²) in [5.74, 6) is 1.13. The number of aromatic nitrogens is 3. The number of para-hydroxylation sites is 3. The summed E-state index contributed by atoms with van der Waals surface area (Å²) < 4.78 is 11.0. The highest BCUT2D eigenvalue weighted by Gasteiger charge is 2.30. The van der Waals surface area contributed by atoms with Gasteiger partial charge in [0.15, 0.2) is 11.0 Å². The van der Waals surface area contributed by atoms with Gasteiger partial charge in [0.05, 0.1) is 12.6 Å². The van der Waals surface area contributed by atoms with Crippen molar-refractivity contribution in [1.82, 2.24) is 9.55 Å². The average molecular weight is 419 g/mol. The fourth-order valence-corrected chi connectivity index (χ4v) is 5.09. The molecule has 4 nitrogen and oxygen atoms in total. The minimum absolute atomic E-state index is 0.926. The zero-order valence-electron chi connectivity index (χ0n) is 18.7. The number of furan rings is 1. The van der Waals surface area contributed by atoms with E-state index >= 15 is 0 Å². The van der Waals surface area contributed by atoms with Crippen LogP contribution in [0.2, 0.25) is 0 Å². The molecule has 156 valence electrons. The minimum atomic E-state index is 0.926. The van der Waals surface area contributed by atoms with Crippen LogP contribution in [-0.4, -0.2) is 9.55 Å². The largest absolute Gasteiger partial charge is 0.456 e. The van der Waals surface area contributed by atoms with E-state index in [9.17, 15) is 0 Å². The number of benzene rings is 3. The number of hydrogen-bond donors (Lipinski definition) is 0. The molecule has 6 rings (SSSR count). The first-order valence-electron chi connectivity index (χ1n) is 10.9. The molecule has 0 N–H and O–H groups in total. The van der Waals surface area contributed by atoms with E-state index in [4.69, 9.17) is 4.42 Å². The summed E-state index contributed by atoms with van der Waals surface area (Å²) in [4.78, 5) is 4.32. The van der Waals surface area contributed by atoms with Crippen LogP contribution in [0.3, 0.4) is 0 Å². The van der Waals surface area contributed by atoms with Gasteiger partial charge in [0, 0.05) is 28.7 Å². The third-order valence-corrected chi connectivity index (χ3v) is 6.56. The van der Waals surface area contributed by atoms with Crippen LogP contribution >= 0.6 is 0 Å². The lowest BCUT2D eigenvalue weighted by Gasteiger charge is -2.11. The summed E-state index contributed by atoms with van der Waals surface area (Å²) in [6.07, 6.45) is 3.80. The fraction of sp³-hybridized carbons (Fsp3) is 0.143. The van der Waals surface area contributed by atoms with Crippen molar-refractivity contribution in [2.75, 3.05) is 0 Å². The molecule has 0 amide bonds. The van der Waals surface area contributed by atoms with E-state index in [1.165, 1.54) is 33.2 Å². The molecule has 0 aliphatic carbocycles. The van der Waals surface area contributed by atoms with Crippen LogP contribution in [0, 0.1) is 20.8 Å². The van der Waals surface area contributed by atoms with Crippen molar-refractivity contribution in [3.63, 3.8) is 0 Å². The quantitative estimate of drug-likeness (QED) is 0.308. The second-order valence-corrected chi connectivity index (χ2v) is 8.54. The molecule has 3 aromatic heterocycles. The van der Waals surface area contributed by atoms with Gasteiger partial charge in [-0.1, -0.05) is 30.3 Å². The molecule has 6 aromatic rings. The molecule has 4 heteroatoms. The maximum atomic E-state index is 6.36. The van der Waals surface area contributed by atoms with E-state index in [2.05, 4.69) is 90.5 Å². The zero-order chi connectivity index (χ0) is 22.0. The molecule has 0 bridgehead atoms. The Morgan fingerprint density at radius 1 is 0.875 bits per heavy atom. The molecular weight excluding hydrogens is 394 g/mol. The summed E-state index contributed by atoms with van der Waals surface area (Å²) >= 11 is 0. The molecule has 3 heterocycles. The summed E-state index contributed by atoms with van der Waals surface area (Å²) in [6.45, 7) is 6.49. The Morgan fingerprint density at radius 3 is 2.50 bits per heavy atom. The van der Waals surface area contributed by atoms with Gasteiger partial charge in [-0.05, 0) is 62.2 Å². The minimum Gasteiger partial charge on any atom is -0.456 e. The number of aryl methyl sites for hydroxylation is 4. The Balaban J connectivity index is 1.79. The predicted octanol–water partition coefficient (Wildman–Crippen LogP) is 6.34. The first kappa shape index (κ1) is 18.8. The summed E-state index contributed by atoms with van der Waals surface area (Å²) in [7, 11) is 2.14. The first-order chi connectivity index (χ1) is 15.6. The lowest BCUT2D eigenvalue weighted by Crippen LogP contribution is -2.30. The molecule has 0 radical (unpaired) electrons. The van der Waals surface area contributed by atoms with E-state index in [0.29, 0.717) is 0 Å². The van der Waals surface area contributed by atoms with Crippen molar-refractivity contribution in [3.8, 4) is 17.1 Å². The fourth-order valence-electron chi connectivity index (χ4n) is 5.09. The standard InChI is InChI=1S/C28H24N3O/c1-17-15-22-21-9-5-8-12-25(21)32-27(22)19(3)26(17)31-24-11-7-6-10-23(24)30(4)28(31)20-13-14-29-16-18(20)2/h5-16H,1-4H3/q+1. The van der Waals surface area contributed by atoms with Gasteiger partial charge < -0.3 is 4.42 Å². The Hall–Kier alpha value is -3.92. The smallest absolute Gasteiger partial charge is 0.295 e. The Kier molecular flexibility index (Phi) is 3.99. The van der Waals surface area contributed by atoms with Crippen LogP contribution < -0.4 is 4.57 Å². The van der Waals surface area contributed by atoms with Crippen LogP contribution in [0.5, 0.6) is 0 Å². The molecule has 0 spiro atoms. The molecule has 0 saturated heterocycles. The number of pyridine rings is 1. The van der Waals surface area contributed by atoms with Crippen LogP contribution in [-0.2, 0) is 7.05 Å². The number of imidazole rings is 1. The topological polar surface area (TPSA) is 34.8 Å². The molecular formula is C28H24N3O+. The maximum Gasteiger partial charge on any atom is 0.295 e. The molecule has 0 atom stereocenters. The molecule has 32 heavy (non-hydrogen) atoms. The van der Waals surface area contributed by atoms with E-state index < -0.39 is 0 Å². The van der Waals surface area contributed by atoms with E-state index in [0.717, 1.165) is 33.5 Å². The SMILES string of the molecule is Cc1cnccc1-c1n(-c2c(C)cc3c(oc4ccccc43)c2C)c2ccccc2[n+]1C. The van der Waals surface area contributed by atoms with Crippen molar-refractivity contribution in [2.45, 2.75) is 20.8 Å². The Bertz CT molecular complexity index is 1670. The van der Waals surface area contributed by atoms with Gasteiger partial charge in [0.25, 0.3) is 5.82 Å². The van der Waals surface area contributed by atoms with Crippen molar-refractivity contribution in [3.05, 3.63) is 89.7 Å². The van der Waals surface area contributed by atoms with E-state index in [1.54, 1.807) is 0 Å². The molecule has 0 fully saturated rings. The van der Waals surface area contributed by atoms with Crippen molar-refractivity contribution >= 4 is 33.0 Å². The second kappa shape index (κ2) is 6.79. The zero-order valence-corrected chi connectivity index (χ0v) is 18.7. The normalized spacial score (nSPS) is 11.8. The third-order valence-electron chi connectivity index (χ3n) is 6.56. The Morgan fingerprint density at radius 2 is 1.66 bits per heavy atom. The monoisotopic (exact) mass is 418 g/mol. The van der Waals surface area contributed by atoms with Crippen molar-refractivity contribution < 1.29 is 8.98 Å². The lowest BCUT2D eigenvalue weighted by atomic mass is 10.0. The van der Waals surface area contributed by atoms with Gasteiger partial charge in [-0.3, -0.25) is 4.98 Å². The molecule has 0 aliphatic heterocycles. The van der Waals surface area contributed by atoms with Crippen LogP contribution in [0.1, 0.15) is 16.7 Å². The van der Waals surface area contributed by atoms with Gasteiger partial charge in [0.2, 0.25) is 0 Å². The molecule has 0 aliphatic rings. The number of hydrogen-bond acceptors (Lipinski definition) is 2. The van der Waals surface area contributed by atoms with Gasteiger partial charge in [-0.15, -0.1) is 0 Å². The highest BCUT2D eigenvalue weighted by molar-refractivity contribution is 6.07. The second-order valence-electron chi connectivity index (χ2n) is 8.54. The van der Waals surface area contributed by atoms with Gasteiger partial charge >= 0.3 is 0 Å².